The Morgan fingerprint density at radius 1 is 1.15 bits per heavy atom. The van der Waals surface area contributed by atoms with E-state index < -0.39 is 0 Å². The van der Waals surface area contributed by atoms with Gasteiger partial charge < -0.3 is 9.80 Å². The Morgan fingerprint density at radius 2 is 1.85 bits per heavy atom. The van der Waals surface area contributed by atoms with Crippen LogP contribution in [0.1, 0.15) is 44.2 Å². The third-order valence-corrected chi connectivity index (χ3v) is 7.78. The number of carbonyl (C=O) groups excluding carboxylic acids is 1. The number of piperazine rings is 1. The van der Waals surface area contributed by atoms with E-state index >= 15 is 0 Å². The zero-order chi connectivity index (χ0) is 18.7. The van der Waals surface area contributed by atoms with Gasteiger partial charge in [0.05, 0.1) is 5.41 Å². The van der Waals surface area contributed by atoms with Crippen molar-refractivity contribution in [2.24, 2.45) is 16.7 Å². The molecule has 3 heteroatoms. The Hall–Kier alpha value is -1.77. The van der Waals surface area contributed by atoms with E-state index in [1.54, 1.807) is 0 Å². The highest BCUT2D eigenvalue weighted by Gasteiger charge is 2.61. The minimum atomic E-state index is -0.268. The minimum absolute atomic E-state index is 0.119. The van der Waals surface area contributed by atoms with E-state index in [0.717, 1.165) is 39.0 Å². The lowest BCUT2D eigenvalue weighted by molar-refractivity contribution is -0.140. The van der Waals surface area contributed by atoms with Gasteiger partial charge in [0.2, 0.25) is 5.91 Å². The Morgan fingerprint density at radius 3 is 2.46 bits per heavy atom. The van der Waals surface area contributed by atoms with Gasteiger partial charge in [-0.3, -0.25) is 4.79 Å². The third kappa shape index (κ3) is 2.35. The van der Waals surface area contributed by atoms with Gasteiger partial charge in [-0.05, 0) is 61.6 Å². The van der Waals surface area contributed by atoms with Crippen LogP contribution in [-0.4, -0.2) is 37.0 Å². The molecule has 26 heavy (non-hydrogen) atoms. The standard InChI is InChI=1S/C23H32N2O/c1-16-7-6-8-20(17(16)2)24-11-13-25(14-12-24)21(26)23-10-9-19(15-23)22(4,5)18(23)3/h6-8,19H,3,9-15H2,1-2,4-5H3/t19-,23-/m0/s1. The van der Waals surface area contributed by atoms with Crippen molar-refractivity contribution < 1.29 is 4.79 Å². The summed E-state index contributed by atoms with van der Waals surface area (Å²) < 4.78 is 0. The number of hydrogen-bond donors (Lipinski definition) is 0. The predicted octanol–water partition coefficient (Wildman–Crippen LogP) is 4.33. The average Bonchev–Trinajstić information content (AvgIpc) is 3.16. The van der Waals surface area contributed by atoms with Crippen molar-refractivity contribution in [2.75, 3.05) is 31.1 Å². The van der Waals surface area contributed by atoms with Gasteiger partial charge >= 0.3 is 0 Å². The molecule has 2 saturated carbocycles. The largest absolute Gasteiger partial charge is 0.368 e. The lowest BCUT2D eigenvalue weighted by Crippen LogP contribution is -2.53. The molecule has 1 aromatic rings. The molecule has 0 N–H and O–H groups in total. The molecule has 3 nitrogen and oxygen atoms in total. The van der Waals surface area contributed by atoms with Crippen LogP contribution in [0.25, 0.3) is 0 Å². The van der Waals surface area contributed by atoms with Crippen molar-refractivity contribution in [1.82, 2.24) is 4.90 Å². The summed E-state index contributed by atoms with van der Waals surface area (Å²) in [7, 11) is 0. The van der Waals surface area contributed by atoms with Crippen LogP contribution in [0.4, 0.5) is 5.69 Å². The van der Waals surface area contributed by atoms with Crippen molar-refractivity contribution in [3.8, 4) is 0 Å². The number of rotatable bonds is 2. The molecule has 1 aliphatic heterocycles. The van der Waals surface area contributed by atoms with Gasteiger partial charge in [-0.15, -0.1) is 0 Å². The van der Waals surface area contributed by atoms with Crippen molar-refractivity contribution in [2.45, 2.75) is 47.0 Å². The molecule has 0 unspecified atom stereocenters. The summed E-state index contributed by atoms with van der Waals surface area (Å²) in [5, 5.41) is 0. The van der Waals surface area contributed by atoms with E-state index in [-0.39, 0.29) is 10.8 Å². The molecular formula is C23H32N2O. The molecule has 2 atom stereocenters. The molecule has 3 fully saturated rings. The molecule has 2 bridgehead atoms. The molecule has 3 aliphatic rings. The van der Waals surface area contributed by atoms with Crippen LogP contribution in [-0.2, 0) is 4.79 Å². The molecule has 1 aromatic carbocycles. The molecule has 0 radical (unpaired) electrons. The summed E-state index contributed by atoms with van der Waals surface area (Å²) in [6.45, 7) is 16.8. The molecule has 1 amide bonds. The maximum absolute atomic E-state index is 13.5. The normalized spacial score (nSPS) is 30.2. The second-order valence-electron chi connectivity index (χ2n) is 9.22. The van der Waals surface area contributed by atoms with E-state index in [1.807, 2.05) is 0 Å². The van der Waals surface area contributed by atoms with E-state index in [9.17, 15) is 4.79 Å². The molecule has 0 aromatic heterocycles. The van der Waals surface area contributed by atoms with E-state index in [0.29, 0.717) is 11.8 Å². The SMILES string of the molecule is C=C1C(C)(C)[C@H]2CC[C@]1(C(=O)N1CCN(c3cccc(C)c3C)CC1)C2. The number of anilines is 1. The fraction of sp³-hybridized carbons (Fsp3) is 0.609. The fourth-order valence-electron chi connectivity index (χ4n) is 5.65. The first-order chi connectivity index (χ1) is 12.3. The number of aryl methyl sites for hydroxylation is 1. The Kier molecular flexibility index (Phi) is 3.98. The van der Waals surface area contributed by atoms with Crippen LogP contribution in [0.3, 0.4) is 0 Å². The third-order valence-electron chi connectivity index (χ3n) is 7.78. The summed E-state index contributed by atoms with van der Waals surface area (Å²) in [6, 6.07) is 6.51. The lowest BCUT2D eigenvalue weighted by atomic mass is 9.68. The van der Waals surface area contributed by atoms with Crippen LogP contribution in [0.5, 0.6) is 0 Å². The highest BCUT2D eigenvalue weighted by Crippen LogP contribution is 2.65. The first-order valence-electron chi connectivity index (χ1n) is 10.1. The first-order valence-corrected chi connectivity index (χ1v) is 10.1. The van der Waals surface area contributed by atoms with Gasteiger partial charge in [-0.25, -0.2) is 0 Å². The molecule has 140 valence electrons. The van der Waals surface area contributed by atoms with Crippen molar-refractivity contribution >= 4 is 11.6 Å². The molecular weight excluding hydrogens is 320 g/mol. The van der Waals surface area contributed by atoms with E-state index in [1.165, 1.54) is 28.8 Å². The summed E-state index contributed by atoms with van der Waals surface area (Å²) in [5.74, 6) is 0.992. The zero-order valence-corrected chi connectivity index (χ0v) is 16.8. The predicted molar refractivity (Wildman–Crippen MR) is 107 cm³/mol. The highest BCUT2D eigenvalue weighted by molar-refractivity contribution is 5.88. The first kappa shape index (κ1) is 17.6. The van der Waals surface area contributed by atoms with Crippen LogP contribution in [0, 0.1) is 30.6 Å². The van der Waals surface area contributed by atoms with Crippen LogP contribution in [0.2, 0.25) is 0 Å². The summed E-state index contributed by atoms with van der Waals surface area (Å²) in [6.07, 6.45) is 3.21. The Labute approximate surface area is 158 Å². The fourth-order valence-corrected chi connectivity index (χ4v) is 5.65. The van der Waals surface area contributed by atoms with Crippen LogP contribution < -0.4 is 4.90 Å². The van der Waals surface area contributed by atoms with E-state index in [4.69, 9.17) is 0 Å². The number of carbonyl (C=O) groups is 1. The summed E-state index contributed by atoms with van der Waals surface area (Å²) in [5.41, 5.74) is 5.06. The zero-order valence-electron chi connectivity index (χ0n) is 16.8. The van der Waals surface area contributed by atoms with Gasteiger partial charge in [0, 0.05) is 31.9 Å². The maximum atomic E-state index is 13.5. The van der Waals surface area contributed by atoms with E-state index in [2.05, 4.69) is 62.3 Å². The smallest absolute Gasteiger partial charge is 0.233 e. The number of fused-ring (bicyclic) bond motifs is 2. The monoisotopic (exact) mass is 352 g/mol. The molecule has 2 aliphatic carbocycles. The van der Waals surface area contributed by atoms with Crippen molar-refractivity contribution in [3.05, 3.63) is 41.5 Å². The van der Waals surface area contributed by atoms with Crippen LogP contribution >= 0.6 is 0 Å². The summed E-state index contributed by atoms with van der Waals surface area (Å²) in [4.78, 5) is 18.0. The second kappa shape index (κ2) is 5.87. The van der Waals surface area contributed by atoms with Gasteiger partial charge in [0.1, 0.15) is 0 Å². The molecule has 1 saturated heterocycles. The molecule has 4 rings (SSSR count). The second-order valence-corrected chi connectivity index (χ2v) is 9.22. The van der Waals surface area contributed by atoms with Crippen molar-refractivity contribution in [1.29, 1.82) is 0 Å². The topological polar surface area (TPSA) is 23.6 Å². The summed E-state index contributed by atoms with van der Waals surface area (Å²) >= 11 is 0. The van der Waals surface area contributed by atoms with Crippen molar-refractivity contribution in [3.63, 3.8) is 0 Å². The molecule has 0 spiro atoms. The van der Waals surface area contributed by atoms with Gasteiger partial charge in [-0.1, -0.05) is 38.1 Å². The average molecular weight is 353 g/mol. The lowest BCUT2D eigenvalue weighted by Gasteiger charge is -2.43. The maximum Gasteiger partial charge on any atom is 0.233 e. The Bertz CT molecular complexity index is 757. The van der Waals surface area contributed by atoms with Gasteiger partial charge in [0.25, 0.3) is 0 Å². The Balaban J connectivity index is 1.48. The van der Waals surface area contributed by atoms with Crippen LogP contribution in [0.15, 0.2) is 30.4 Å². The molecule has 1 heterocycles. The number of amides is 1. The van der Waals surface area contributed by atoms with Gasteiger partial charge in [0.15, 0.2) is 0 Å². The number of hydrogen-bond acceptors (Lipinski definition) is 2. The van der Waals surface area contributed by atoms with Gasteiger partial charge in [-0.2, -0.15) is 0 Å². The minimum Gasteiger partial charge on any atom is -0.368 e. The number of benzene rings is 1. The highest BCUT2D eigenvalue weighted by atomic mass is 16.2. The number of nitrogens with zero attached hydrogens (tertiary/aromatic N) is 2. The quantitative estimate of drug-likeness (QED) is 0.740.